The molecule has 114 valence electrons. The van der Waals surface area contributed by atoms with Crippen molar-refractivity contribution >= 4 is 27.7 Å². The first-order chi connectivity index (χ1) is 10.0. The Morgan fingerprint density at radius 2 is 2.14 bits per heavy atom. The number of benzene rings is 1. The molecule has 1 unspecified atom stereocenters. The van der Waals surface area contributed by atoms with Crippen LogP contribution in [-0.2, 0) is 13.0 Å². The monoisotopic (exact) mass is 371 g/mol. The van der Waals surface area contributed by atoms with Crippen LogP contribution in [0.5, 0.6) is 0 Å². The maximum atomic E-state index is 13.6. The van der Waals surface area contributed by atoms with Gasteiger partial charge in [0.1, 0.15) is 5.82 Å². The summed E-state index contributed by atoms with van der Waals surface area (Å²) < 4.78 is 16.6. The lowest BCUT2D eigenvalue weighted by atomic mass is 10.2. The van der Waals surface area contributed by atoms with Gasteiger partial charge in [0.15, 0.2) is 0 Å². The zero-order valence-corrected chi connectivity index (χ0v) is 14.5. The molecule has 0 saturated carbocycles. The summed E-state index contributed by atoms with van der Waals surface area (Å²) in [6.07, 6.45) is 0.719. The van der Waals surface area contributed by atoms with E-state index in [1.807, 2.05) is 17.7 Å². The van der Waals surface area contributed by atoms with Gasteiger partial charge in [-0.1, -0.05) is 12.1 Å². The maximum Gasteiger partial charge on any atom is 0.136 e. The molecule has 0 aliphatic rings. The van der Waals surface area contributed by atoms with Crippen molar-refractivity contribution in [1.29, 1.82) is 0 Å². The third kappa shape index (κ3) is 4.08. The molecule has 0 bridgehead atoms. The molecule has 0 aliphatic heterocycles. The fourth-order valence-corrected chi connectivity index (χ4v) is 3.47. The van der Waals surface area contributed by atoms with Gasteiger partial charge in [0.2, 0.25) is 0 Å². The molecule has 0 aliphatic carbocycles. The van der Waals surface area contributed by atoms with E-state index in [0.29, 0.717) is 10.6 Å². The molecule has 2 rings (SSSR count). The molecule has 3 nitrogen and oxygen atoms in total. The zero-order valence-electron chi connectivity index (χ0n) is 12.1. The van der Waals surface area contributed by atoms with Gasteiger partial charge in [-0.3, -0.25) is 4.68 Å². The van der Waals surface area contributed by atoms with Gasteiger partial charge in [-0.15, -0.1) is 11.8 Å². The number of thioether (sulfide) groups is 1. The third-order valence-corrected chi connectivity index (χ3v) is 5.47. The summed E-state index contributed by atoms with van der Waals surface area (Å²) in [4.78, 5) is 0.646. The van der Waals surface area contributed by atoms with Gasteiger partial charge in [-0.05, 0) is 41.9 Å². The fraction of sp³-hybridized carbons (Fsp3) is 0.400. The molecular weight excluding hydrogens is 353 g/mol. The molecule has 1 aromatic heterocycles. The first kappa shape index (κ1) is 16.5. The number of nitrogens with two attached hydrogens (primary N) is 1. The molecule has 0 amide bonds. The van der Waals surface area contributed by atoms with E-state index in [4.69, 9.17) is 5.73 Å². The Kier molecular flexibility index (Phi) is 5.84. The van der Waals surface area contributed by atoms with E-state index in [0.717, 1.165) is 28.8 Å². The van der Waals surface area contributed by atoms with Crippen molar-refractivity contribution in [3.8, 4) is 0 Å². The van der Waals surface area contributed by atoms with Crippen LogP contribution in [0.25, 0.3) is 0 Å². The van der Waals surface area contributed by atoms with Crippen LogP contribution < -0.4 is 5.73 Å². The fourth-order valence-electron chi connectivity index (χ4n) is 2.13. The van der Waals surface area contributed by atoms with E-state index >= 15 is 0 Å². The second-order valence-corrected chi connectivity index (χ2v) is 6.72. The summed E-state index contributed by atoms with van der Waals surface area (Å²) in [5.74, 6) is 0.478. The molecule has 21 heavy (non-hydrogen) atoms. The van der Waals surface area contributed by atoms with Crippen molar-refractivity contribution in [3.63, 3.8) is 0 Å². The number of hydrogen-bond acceptors (Lipinski definition) is 3. The van der Waals surface area contributed by atoms with E-state index in [9.17, 15) is 4.39 Å². The van der Waals surface area contributed by atoms with Gasteiger partial charge in [-0.2, -0.15) is 5.10 Å². The number of hydrogen-bond donors (Lipinski definition) is 1. The first-order valence-corrected chi connectivity index (χ1v) is 8.65. The number of aryl methyl sites for hydroxylation is 2. The van der Waals surface area contributed by atoms with Crippen LogP contribution in [0, 0.1) is 12.7 Å². The molecule has 0 saturated heterocycles. The average Bonchev–Trinajstić information content (AvgIpc) is 2.74. The summed E-state index contributed by atoms with van der Waals surface area (Å²) in [5, 5.41) is 4.46. The number of aromatic nitrogens is 2. The predicted octanol–water partition coefficient (Wildman–Crippen LogP) is 3.78. The minimum Gasteiger partial charge on any atom is -0.327 e. The van der Waals surface area contributed by atoms with Gasteiger partial charge in [0.05, 0.1) is 15.9 Å². The van der Waals surface area contributed by atoms with Crippen LogP contribution in [0.4, 0.5) is 4.39 Å². The molecule has 1 heterocycles. The van der Waals surface area contributed by atoms with Crippen LogP contribution >= 0.6 is 27.7 Å². The maximum absolute atomic E-state index is 13.6. The van der Waals surface area contributed by atoms with Crippen LogP contribution in [0.1, 0.15) is 18.3 Å². The SMILES string of the molecule is CCn1nc(C)c(Br)c1CC(N)CSc1ccccc1F. The molecular formula is C15H19BrFN3S. The number of halogens is 2. The van der Waals surface area contributed by atoms with Gasteiger partial charge in [0.25, 0.3) is 0 Å². The second-order valence-electron chi connectivity index (χ2n) is 4.87. The smallest absolute Gasteiger partial charge is 0.136 e. The van der Waals surface area contributed by atoms with Crippen molar-refractivity contribution in [2.45, 2.75) is 37.8 Å². The summed E-state index contributed by atoms with van der Waals surface area (Å²) in [6, 6.07) is 6.73. The quantitative estimate of drug-likeness (QED) is 0.785. The Bertz CT molecular complexity index is 615. The number of nitrogens with zero attached hydrogens (tertiary/aromatic N) is 2. The van der Waals surface area contributed by atoms with Gasteiger partial charge < -0.3 is 5.73 Å². The summed E-state index contributed by atoms with van der Waals surface area (Å²) in [7, 11) is 0. The lowest BCUT2D eigenvalue weighted by Gasteiger charge is -2.13. The van der Waals surface area contributed by atoms with Gasteiger partial charge in [0, 0.05) is 29.7 Å². The van der Waals surface area contributed by atoms with Crippen LogP contribution in [0.2, 0.25) is 0 Å². The van der Waals surface area contributed by atoms with E-state index in [-0.39, 0.29) is 11.9 Å². The summed E-state index contributed by atoms with van der Waals surface area (Å²) in [6.45, 7) is 4.84. The third-order valence-electron chi connectivity index (χ3n) is 3.20. The highest BCUT2D eigenvalue weighted by Gasteiger charge is 2.16. The van der Waals surface area contributed by atoms with E-state index < -0.39 is 0 Å². The van der Waals surface area contributed by atoms with Crippen molar-refractivity contribution in [2.75, 3.05) is 5.75 Å². The molecule has 1 atom stereocenters. The van der Waals surface area contributed by atoms with Crippen LogP contribution in [-0.4, -0.2) is 21.6 Å². The highest BCUT2D eigenvalue weighted by molar-refractivity contribution is 9.10. The van der Waals surface area contributed by atoms with Crippen molar-refractivity contribution < 1.29 is 4.39 Å². The Balaban J connectivity index is 1.99. The van der Waals surface area contributed by atoms with Gasteiger partial charge in [-0.25, -0.2) is 4.39 Å². The Morgan fingerprint density at radius 3 is 2.81 bits per heavy atom. The van der Waals surface area contributed by atoms with Gasteiger partial charge >= 0.3 is 0 Å². The molecule has 2 N–H and O–H groups in total. The highest BCUT2D eigenvalue weighted by atomic mass is 79.9. The Hall–Kier alpha value is -0.850. The molecule has 6 heteroatoms. The molecule has 0 radical (unpaired) electrons. The van der Waals surface area contributed by atoms with Crippen molar-refractivity contribution in [2.24, 2.45) is 5.73 Å². The Labute approximate surface area is 137 Å². The second kappa shape index (κ2) is 7.42. The minimum atomic E-state index is -0.190. The summed E-state index contributed by atoms with van der Waals surface area (Å²) in [5.41, 5.74) is 8.28. The minimum absolute atomic E-state index is 0.0488. The predicted molar refractivity (Wildman–Crippen MR) is 89.1 cm³/mol. The average molecular weight is 372 g/mol. The lowest BCUT2D eigenvalue weighted by molar-refractivity contribution is 0.591. The van der Waals surface area contributed by atoms with Crippen molar-refractivity contribution in [3.05, 3.63) is 45.9 Å². The lowest BCUT2D eigenvalue weighted by Crippen LogP contribution is -2.27. The highest BCUT2D eigenvalue weighted by Crippen LogP contribution is 2.25. The molecule has 0 fully saturated rings. The molecule has 0 spiro atoms. The standard InChI is InChI=1S/C15H19BrFN3S/c1-3-20-13(15(16)10(2)19-20)8-11(18)9-21-14-7-5-4-6-12(14)17/h4-7,11H,3,8-9,18H2,1-2H3. The Morgan fingerprint density at radius 1 is 1.43 bits per heavy atom. The van der Waals surface area contributed by atoms with Crippen LogP contribution in [0.15, 0.2) is 33.6 Å². The largest absolute Gasteiger partial charge is 0.327 e. The normalized spacial score (nSPS) is 12.6. The molecule has 2 aromatic rings. The van der Waals surface area contributed by atoms with E-state index in [1.165, 1.54) is 17.8 Å². The van der Waals surface area contributed by atoms with Crippen LogP contribution in [0.3, 0.4) is 0 Å². The topological polar surface area (TPSA) is 43.8 Å². The van der Waals surface area contributed by atoms with Crippen molar-refractivity contribution in [1.82, 2.24) is 9.78 Å². The summed E-state index contributed by atoms with van der Waals surface area (Å²) >= 11 is 5.03. The first-order valence-electron chi connectivity index (χ1n) is 6.87. The number of rotatable bonds is 6. The van der Waals surface area contributed by atoms with E-state index in [1.54, 1.807) is 12.1 Å². The zero-order chi connectivity index (χ0) is 15.4. The molecule has 1 aromatic carbocycles. The van der Waals surface area contributed by atoms with E-state index in [2.05, 4.69) is 28.0 Å².